The maximum atomic E-state index is 5.29. The number of methoxy groups -OCH3 is 1. The van der Waals surface area contributed by atoms with E-state index in [0.717, 1.165) is 30.6 Å². The molecule has 0 aliphatic carbocycles. The van der Waals surface area contributed by atoms with Crippen LogP contribution in [-0.4, -0.2) is 32.6 Å². The van der Waals surface area contributed by atoms with Crippen LogP contribution in [0.25, 0.3) is 0 Å². The van der Waals surface area contributed by atoms with Crippen LogP contribution in [0.2, 0.25) is 0 Å². The Balaban J connectivity index is 2.66. The van der Waals surface area contributed by atoms with Gasteiger partial charge in [0, 0.05) is 6.54 Å². The Bertz CT molecular complexity index is 349. The molecule has 0 aromatic heterocycles. The highest BCUT2D eigenvalue weighted by Crippen LogP contribution is 2.23. The minimum atomic E-state index is 0.719. The fourth-order valence-electron chi connectivity index (χ4n) is 2.58. The molecule has 0 bridgehead atoms. The van der Waals surface area contributed by atoms with E-state index in [1.807, 2.05) is 6.07 Å². The first kappa shape index (κ1) is 15.0. The molecule has 2 nitrogen and oxygen atoms in total. The topological polar surface area (TPSA) is 12.5 Å². The van der Waals surface area contributed by atoms with Gasteiger partial charge in [0.05, 0.1) is 7.11 Å². The van der Waals surface area contributed by atoms with Gasteiger partial charge in [-0.05, 0) is 50.0 Å². The molecule has 0 fully saturated rings. The maximum Gasteiger partial charge on any atom is 0.119 e. The molecular formula is C16H27NO. The molecule has 0 spiro atoms. The summed E-state index contributed by atoms with van der Waals surface area (Å²) in [6.45, 7) is 5.80. The predicted octanol–water partition coefficient (Wildman–Crippen LogP) is 3.46. The van der Waals surface area contributed by atoms with Gasteiger partial charge in [0.15, 0.2) is 0 Å². The lowest BCUT2D eigenvalue weighted by molar-refractivity contribution is 0.255. The number of hydrogen-bond acceptors (Lipinski definition) is 2. The monoisotopic (exact) mass is 249 g/mol. The molecule has 102 valence electrons. The van der Waals surface area contributed by atoms with E-state index in [9.17, 15) is 0 Å². The van der Waals surface area contributed by atoms with E-state index in [2.05, 4.69) is 51.0 Å². The van der Waals surface area contributed by atoms with E-state index in [-0.39, 0.29) is 0 Å². The van der Waals surface area contributed by atoms with Gasteiger partial charge >= 0.3 is 0 Å². The Morgan fingerprint density at radius 2 is 2.00 bits per heavy atom. The fraction of sp³-hybridized carbons (Fsp3) is 0.625. The molecule has 2 unspecified atom stereocenters. The Kier molecular flexibility index (Phi) is 6.20. The van der Waals surface area contributed by atoms with Crippen molar-refractivity contribution in [3.63, 3.8) is 0 Å². The summed E-state index contributed by atoms with van der Waals surface area (Å²) in [5, 5.41) is 0. The van der Waals surface area contributed by atoms with Crippen LogP contribution in [0.5, 0.6) is 5.75 Å². The Morgan fingerprint density at radius 3 is 2.56 bits per heavy atom. The number of ether oxygens (including phenoxy) is 1. The van der Waals surface area contributed by atoms with E-state index >= 15 is 0 Å². The third-order valence-electron chi connectivity index (χ3n) is 3.61. The van der Waals surface area contributed by atoms with E-state index in [4.69, 9.17) is 4.74 Å². The number of rotatable bonds is 7. The van der Waals surface area contributed by atoms with Gasteiger partial charge in [-0.25, -0.2) is 0 Å². The molecule has 0 radical (unpaired) electrons. The minimum Gasteiger partial charge on any atom is -0.497 e. The highest BCUT2D eigenvalue weighted by molar-refractivity contribution is 5.28. The molecule has 2 heteroatoms. The number of hydrogen-bond donors (Lipinski definition) is 0. The lowest BCUT2D eigenvalue weighted by Gasteiger charge is -2.25. The van der Waals surface area contributed by atoms with Crippen molar-refractivity contribution in [1.82, 2.24) is 4.90 Å². The first-order chi connectivity index (χ1) is 8.56. The second-order valence-electron chi connectivity index (χ2n) is 5.46. The molecular weight excluding hydrogens is 222 g/mol. The van der Waals surface area contributed by atoms with Crippen molar-refractivity contribution in [2.75, 3.05) is 27.7 Å². The van der Waals surface area contributed by atoms with Crippen LogP contribution in [0.4, 0.5) is 0 Å². The van der Waals surface area contributed by atoms with E-state index < -0.39 is 0 Å². The zero-order chi connectivity index (χ0) is 13.5. The molecule has 1 rings (SSSR count). The summed E-state index contributed by atoms with van der Waals surface area (Å²) in [5.74, 6) is 2.42. The van der Waals surface area contributed by atoms with Crippen LogP contribution in [-0.2, 0) is 6.42 Å². The van der Waals surface area contributed by atoms with Gasteiger partial charge in [-0.2, -0.15) is 0 Å². The second kappa shape index (κ2) is 7.42. The quantitative estimate of drug-likeness (QED) is 0.734. The minimum absolute atomic E-state index is 0.719. The standard InChI is InChI=1S/C16H27NO/c1-6-15(13(2)12-17(3)4)10-14-8-7-9-16(11-14)18-5/h7-9,11,13,15H,6,10,12H2,1-5H3. The van der Waals surface area contributed by atoms with Gasteiger partial charge < -0.3 is 9.64 Å². The van der Waals surface area contributed by atoms with Gasteiger partial charge in [0.2, 0.25) is 0 Å². The van der Waals surface area contributed by atoms with E-state index in [1.54, 1.807) is 7.11 Å². The van der Waals surface area contributed by atoms with Crippen molar-refractivity contribution in [2.45, 2.75) is 26.7 Å². The summed E-state index contributed by atoms with van der Waals surface area (Å²) in [7, 11) is 6.02. The Labute approximate surface area is 112 Å². The lowest BCUT2D eigenvalue weighted by atomic mass is 9.85. The van der Waals surface area contributed by atoms with Crippen LogP contribution >= 0.6 is 0 Å². The van der Waals surface area contributed by atoms with Crippen molar-refractivity contribution >= 4 is 0 Å². The van der Waals surface area contributed by atoms with Gasteiger partial charge in [-0.15, -0.1) is 0 Å². The molecule has 0 saturated heterocycles. The lowest BCUT2D eigenvalue weighted by Crippen LogP contribution is -2.26. The van der Waals surface area contributed by atoms with E-state index in [1.165, 1.54) is 12.0 Å². The highest BCUT2D eigenvalue weighted by atomic mass is 16.5. The van der Waals surface area contributed by atoms with Crippen molar-refractivity contribution < 1.29 is 4.74 Å². The van der Waals surface area contributed by atoms with Gasteiger partial charge in [-0.1, -0.05) is 32.4 Å². The molecule has 0 amide bonds. The first-order valence-corrected chi connectivity index (χ1v) is 6.84. The van der Waals surface area contributed by atoms with Crippen LogP contribution in [0.1, 0.15) is 25.8 Å². The maximum absolute atomic E-state index is 5.29. The zero-order valence-electron chi connectivity index (χ0n) is 12.4. The van der Waals surface area contributed by atoms with Crippen LogP contribution in [0.15, 0.2) is 24.3 Å². The molecule has 0 heterocycles. The summed E-state index contributed by atoms with van der Waals surface area (Å²) >= 11 is 0. The molecule has 0 saturated carbocycles. The third kappa shape index (κ3) is 4.69. The van der Waals surface area contributed by atoms with Gasteiger partial charge in [-0.3, -0.25) is 0 Å². The summed E-state index contributed by atoms with van der Waals surface area (Å²) < 4.78 is 5.29. The molecule has 0 N–H and O–H groups in total. The summed E-state index contributed by atoms with van der Waals surface area (Å²) in [4.78, 5) is 2.28. The van der Waals surface area contributed by atoms with Crippen LogP contribution in [0, 0.1) is 11.8 Å². The molecule has 18 heavy (non-hydrogen) atoms. The van der Waals surface area contributed by atoms with Gasteiger partial charge in [0.1, 0.15) is 5.75 Å². The first-order valence-electron chi connectivity index (χ1n) is 6.84. The smallest absolute Gasteiger partial charge is 0.119 e. The molecule has 0 aliphatic rings. The summed E-state index contributed by atoms with van der Waals surface area (Å²) in [6.07, 6.45) is 2.37. The van der Waals surface area contributed by atoms with Crippen LogP contribution in [0.3, 0.4) is 0 Å². The average Bonchev–Trinajstić information content (AvgIpc) is 2.35. The summed E-state index contributed by atoms with van der Waals surface area (Å²) in [6, 6.07) is 8.45. The van der Waals surface area contributed by atoms with Gasteiger partial charge in [0.25, 0.3) is 0 Å². The number of benzene rings is 1. The predicted molar refractivity (Wildman–Crippen MR) is 78.2 cm³/mol. The Morgan fingerprint density at radius 1 is 1.28 bits per heavy atom. The largest absolute Gasteiger partial charge is 0.497 e. The average molecular weight is 249 g/mol. The van der Waals surface area contributed by atoms with E-state index in [0.29, 0.717) is 0 Å². The third-order valence-corrected chi connectivity index (χ3v) is 3.61. The second-order valence-corrected chi connectivity index (χ2v) is 5.46. The molecule has 1 aromatic rings. The SMILES string of the molecule is CCC(Cc1cccc(OC)c1)C(C)CN(C)C. The van der Waals surface area contributed by atoms with Crippen molar-refractivity contribution in [2.24, 2.45) is 11.8 Å². The molecule has 2 atom stereocenters. The number of nitrogens with zero attached hydrogens (tertiary/aromatic N) is 1. The Hall–Kier alpha value is -1.02. The fourth-order valence-corrected chi connectivity index (χ4v) is 2.58. The van der Waals surface area contributed by atoms with Crippen molar-refractivity contribution in [1.29, 1.82) is 0 Å². The highest BCUT2D eigenvalue weighted by Gasteiger charge is 2.16. The van der Waals surface area contributed by atoms with Crippen molar-refractivity contribution in [3.8, 4) is 5.75 Å². The normalized spacial score (nSPS) is 14.6. The molecule has 1 aromatic carbocycles. The zero-order valence-corrected chi connectivity index (χ0v) is 12.4. The summed E-state index contributed by atoms with van der Waals surface area (Å²) in [5.41, 5.74) is 1.38. The molecule has 0 aliphatic heterocycles. The van der Waals surface area contributed by atoms with Crippen LogP contribution < -0.4 is 4.74 Å². The van der Waals surface area contributed by atoms with Crippen molar-refractivity contribution in [3.05, 3.63) is 29.8 Å².